The second-order valence-corrected chi connectivity index (χ2v) is 5.05. The van der Waals surface area contributed by atoms with E-state index in [4.69, 9.17) is 9.47 Å². The predicted octanol–water partition coefficient (Wildman–Crippen LogP) is 1.85. The van der Waals surface area contributed by atoms with Crippen molar-refractivity contribution in [1.29, 1.82) is 0 Å². The predicted molar refractivity (Wildman–Crippen MR) is 83.0 cm³/mol. The fourth-order valence-electron chi connectivity index (χ4n) is 1.49. The van der Waals surface area contributed by atoms with Crippen molar-refractivity contribution in [1.82, 2.24) is 4.90 Å². The van der Waals surface area contributed by atoms with Crippen molar-refractivity contribution in [3.8, 4) is 0 Å². The zero-order valence-corrected chi connectivity index (χ0v) is 13.6. The van der Waals surface area contributed by atoms with E-state index in [0.717, 1.165) is 0 Å². The van der Waals surface area contributed by atoms with Gasteiger partial charge in [-0.15, -0.1) is 0 Å². The molecule has 0 radical (unpaired) electrons. The topological polar surface area (TPSA) is 72.9 Å². The molecular formula is C16H25NO5. The Bertz CT molecular complexity index is 442. The van der Waals surface area contributed by atoms with Gasteiger partial charge in [-0.25, -0.2) is 9.59 Å². The number of hydrogen-bond acceptors (Lipinski definition) is 5. The van der Waals surface area contributed by atoms with Gasteiger partial charge in [-0.05, 0) is 26.7 Å². The summed E-state index contributed by atoms with van der Waals surface area (Å²) < 4.78 is 9.92. The van der Waals surface area contributed by atoms with Crippen molar-refractivity contribution in [2.24, 2.45) is 0 Å². The monoisotopic (exact) mass is 311 g/mol. The zero-order chi connectivity index (χ0) is 17.1. The Morgan fingerprint density at radius 3 is 1.77 bits per heavy atom. The van der Waals surface area contributed by atoms with E-state index in [1.807, 2.05) is 0 Å². The molecule has 0 heterocycles. The van der Waals surface area contributed by atoms with E-state index >= 15 is 0 Å². The summed E-state index contributed by atoms with van der Waals surface area (Å²) in [6, 6.07) is 0. The Kier molecular flexibility index (Phi) is 9.58. The molecule has 0 atom stereocenters. The molecule has 0 fully saturated rings. The first-order valence-corrected chi connectivity index (χ1v) is 7.16. The molecule has 0 N–H and O–H groups in total. The minimum Gasteiger partial charge on any atom is -0.462 e. The van der Waals surface area contributed by atoms with Crippen LogP contribution in [-0.2, 0) is 23.9 Å². The van der Waals surface area contributed by atoms with Gasteiger partial charge in [0.1, 0.15) is 6.61 Å². The van der Waals surface area contributed by atoms with Crippen molar-refractivity contribution in [2.75, 3.05) is 26.3 Å². The van der Waals surface area contributed by atoms with E-state index < -0.39 is 11.9 Å². The molecule has 0 aliphatic rings. The highest BCUT2D eigenvalue weighted by Crippen LogP contribution is 2.00. The average molecular weight is 311 g/mol. The quantitative estimate of drug-likeness (QED) is 0.350. The summed E-state index contributed by atoms with van der Waals surface area (Å²) in [5, 5.41) is 0. The van der Waals surface area contributed by atoms with Crippen molar-refractivity contribution in [3.63, 3.8) is 0 Å². The minimum absolute atomic E-state index is 0.0923. The smallest absolute Gasteiger partial charge is 0.333 e. The van der Waals surface area contributed by atoms with Crippen molar-refractivity contribution in [2.45, 2.75) is 33.6 Å². The number of ether oxygens (including phenoxy) is 2. The first-order valence-electron chi connectivity index (χ1n) is 7.16. The molecule has 0 rings (SSSR count). The van der Waals surface area contributed by atoms with Gasteiger partial charge in [-0.3, -0.25) is 4.79 Å². The van der Waals surface area contributed by atoms with Crippen LogP contribution in [0.3, 0.4) is 0 Å². The molecule has 22 heavy (non-hydrogen) atoms. The largest absolute Gasteiger partial charge is 0.462 e. The van der Waals surface area contributed by atoms with Gasteiger partial charge in [0, 0.05) is 24.6 Å². The third-order valence-corrected chi connectivity index (χ3v) is 2.79. The number of rotatable bonds is 10. The molecule has 6 nitrogen and oxygen atoms in total. The van der Waals surface area contributed by atoms with E-state index in [0.29, 0.717) is 43.7 Å². The maximum atomic E-state index is 11.5. The molecule has 0 aliphatic carbocycles. The molecule has 0 unspecified atom stereocenters. The van der Waals surface area contributed by atoms with Crippen molar-refractivity contribution < 1.29 is 23.9 Å². The normalized spacial score (nSPS) is 9.77. The van der Waals surface area contributed by atoms with Crippen LogP contribution < -0.4 is 0 Å². The van der Waals surface area contributed by atoms with Gasteiger partial charge in [0.05, 0.1) is 13.2 Å². The van der Waals surface area contributed by atoms with Crippen LogP contribution in [-0.4, -0.2) is 49.0 Å². The maximum Gasteiger partial charge on any atom is 0.333 e. The number of hydrogen-bond donors (Lipinski definition) is 0. The lowest BCUT2D eigenvalue weighted by Crippen LogP contribution is -2.33. The third kappa shape index (κ3) is 8.94. The van der Waals surface area contributed by atoms with Gasteiger partial charge in [0.2, 0.25) is 5.91 Å². The lowest BCUT2D eigenvalue weighted by molar-refractivity contribution is -0.141. The first-order chi connectivity index (χ1) is 10.3. The van der Waals surface area contributed by atoms with Crippen LogP contribution in [0.2, 0.25) is 0 Å². The summed E-state index contributed by atoms with van der Waals surface area (Å²) in [4.78, 5) is 35.5. The van der Waals surface area contributed by atoms with E-state index in [9.17, 15) is 14.4 Å². The van der Waals surface area contributed by atoms with E-state index in [-0.39, 0.29) is 12.5 Å². The fourth-order valence-corrected chi connectivity index (χ4v) is 1.49. The van der Waals surface area contributed by atoms with E-state index in [1.165, 1.54) is 6.92 Å². The Morgan fingerprint density at radius 2 is 1.32 bits per heavy atom. The molecule has 0 spiro atoms. The molecule has 0 aliphatic heterocycles. The summed E-state index contributed by atoms with van der Waals surface area (Å²) in [6.07, 6.45) is 1.34. The van der Waals surface area contributed by atoms with Crippen LogP contribution >= 0.6 is 0 Å². The average Bonchev–Trinajstić information content (AvgIpc) is 2.43. The first kappa shape index (κ1) is 19.9. The highest BCUT2D eigenvalue weighted by Gasteiger charge is 2.10. The molecule has 124 valence electrons. The Hall–Kier alpha value is -2.11. The van der Waals surface area contributed by atoms with Crippen molar-refractivity contribution in [3.05, 3.63) is 24.3 Å². The number of esters is 2. The second kappa shape index (κ2) is 10.6. The number of nitrogens with zero attached hydrogens (tertiary/aromatic N) is 1. The van der Waals surface area contributed by atoms with Crippen LogP contribution in [0.25, 0.3) is 0 Å². The van der Waals surface area contributed by atoms with Crippen LogP contribution in [0.5, 0.6) is 0 Å². The molecular weight excluding hydrogens is 286 g/mol. The number of unbranched alkanes of at least 4 members (excludes halogenated alkanes) is 1. The lowest BCUT2D eigenvalue weighted by atomic mass is 10.3. The van der Waals surface area contributed by atoms with Gasteiger partial charge in [-0.2, -0.15) is 0 Å². The van der Waals surface area contributed by atoms with Gasteiger partial charge in [0.25, 0.3) is 0 Å². The molecule has 0 bridgehead atoms. The highest BCUT2D eigenvalue weighted by atomic mass is 16.5. The molecule has 1 amide bonds. The number of carbonyl (C=O) groups excluding carboxylic acids is 3. The van der Waals surface area contributed by atoms with Gasteiger partial charge in [-0.1, -0.05) is 13.2 Å². The fraction of sp³-hybridized carbons (Fsp3) is 0.562. The molecule has 6 heteroatoms. The summed E-state index contributed by atoms with van der Waals surface area (Å²) in [6.45, 7) is 12.9. The molecule has 0 aromatic rings. The highest BCUT2D eigenvalue weighted by molar-refractivity contribution is 5.87. The number of amides is 1. The Balaban J connectivity index is 3.93. The summed E-state index contributed by atoms with van der Waals surface area (Å²) in [5.74, 6) is -0.962. The van der Waals surface area contributed by atoms with Gasteiger partial charge >= 0.3 is 11.9 Å². The van der Waals surface area contributed by atoms with Crippen LogP contribution in [0.15, 0.2) is 24.3 Å². The van der Waals surface area contributed by atoms with Gasteiger partial charge in [0.15, 0.2) is 0 Å². The molecule has 0 saturated carbocycles. The summed E-state index contributed by atoms with van der Waals surface area (Å²) >= 11 is 0. The van der Waals surface area contributed by atoms with E-state index in [1.54, 1.807) is 18.7 Å². The number of carbonyl (C=O) groups is 3. The van der Waals surface area contributed by atoms with Gasteiger partial charge < -0.3 is 14.4 Å². The molecule has 0 saturated heterocycles. The maximum absolute atomic E-state index is 11.5. The third-order valence-electron chi connectivity index (χ3n) is 2.79. The summed E-state index contributed by atoms with van der Waals surface area (Å²) in [7, 11) is 0. The van der Waals surface area contributed by atoms with Crippen LogP contribution in [0.4, 0.5) is 0 Å². The molecule has 0 aromatic carbocycles. The second-order valence-electron chi connectivity index (χ2n) is 5.05. The Morgan fingerprint density at radius 1 is 0.818 bits per heavy atom. The van der Waals surface area contributed by atoms with Crippen LogP contribution in [0.1, 0.15) is 33.6 Å². The van der Waals surface area contributed by atoms with E-state index in [2.05, 4.69) is 13.2 Å². The SMILES string of the molecule is C=C(C)C(=O)OCCCCN(CCOC(=O)C(=C)C)C(C)=O. The van der Waals surface area contributed by atoms with Crippen molar-refractivity contribution >= 4 is 17.8 Å². The Labute approximate surface area is 131 Å². The zero-order valence-electron chi connectivity index (χ0n) is 13.6. The lowest BCUT2D eigenvalue weighted by Gasteiger charge is -2.20. The molecule has 0 aromatic heterocycles. The summed E-state index contributed by atoms with van der Waals surface area (Å²) in [5.41, 5.74) is 0.693. The standard InChI is InChI=1S/C16H25NO5/c1-12(2)15(19)21-10-7-6-8-17(14(5)18)9-11-22-16(20)13(3)4/h1,3,6-11H2,2,4-5H3. The minimum atomic E-state index is -0.463. The van der Waals surface area contributed by atoms with Crippen LogP contribution in [0, 0.1) is 0 Å².